The molecule has 0 aromatic rings. The van der Waals surface area contributed by atoms with E-state index >= 15 is 0 Å². The van der Waals surface area contributed by atoms with Gasteiger partial charge in [0.25, 0.3) is 0 Å². The van der Waals surface area contributed by atoms with Crippen molar-refractivity contribution in [1.82, 2.24) is 0 Å². The average molecular weight is 173 g/mol. The fourth-order valence-electron chi connectivity index (χ4n) is 1.12. The van der Waals surface area contributed by atoms with Crippen LogP contribution in [0.1, 0.15) is 27.2 Å². The third-order valence-electron chi connectivity index (χ3n) is 1.59. The van der Waals surface area contributed by atoms with Crippen LogP contribution in [0, 0.1) is 5.92 Å². The first-order valence-corrected chi connectivity index (χ1v) is 4.58. The molecule has 0 N–H and O–H groups in total. The summed E-state index contributed by atoms with van der Waals surface area (Å²) in [5.74, 6) is 1.27. The van der Waals surface area contributed by atoms with Crippen LogP contribution in [0.4, 0.5) is 0 Å². The van der Waals surface area contributed by atoms with Gasteiger partial charge in [-0.15, -0.1) is 11.6 Å². The second kappa shape index (κ2) is 6.48. The highest BCUT2D eigenvalue weighted by Gasteiger charge is 1.96. The molecule has 0 aliphatic heterocycles. The number of rotatable bonds is 4. The van der Waals surface area contributed by atoms with Crippen LogP contribution < -0.4 is 0 Å². The van der Waals surface area contributed by atoms with Crippen molar-refractivity contribution in [2.75, 3.05) is 5.88 Å². The van der Waals surface area contributed by atoms with Crippen LogP contribution in [0.25, 0.3) is 0 Å². The number of hydrogen-bond donors (Lipinski definition) is 0. The predicted octanol–water partition coefficient (Wildman–Crippen LogP) is 3.77. The first kappa shape index (κ1) is 10.8. The van der Waals surface area contributed by atoms with Crippen LogP contribution in [0.2, 0.25) is 0 Å². The van der Waals surface area contributed by atoms with E-state index in [1.165, 1.54) is 5.57 Å². The zero-order chi connectivity index (χ0) is 8.69. The molecule has 0 radical (unpaired) electrons. The molecule has 0 aliphatic carbocycles. The summed E-state index contributed by atoms with van der Waals surface area (Å²) in [6.07, 6.45) is 7.50. The Morgan fingerprint density at radius 1 is 1.55 bits per heavy atom. The van der Waals surface area contributed by atoms with Crippen molar-refractivity contribution in [2.45, 2.75) is 27.2 Å². The number of halogens is 1. The highest BCUT2D eigenvalue weighted by atomic mass is 35.5. The van der Waals surface area contributed by atoms with Crippen molar-refractivity contribution < 1.29 is 0 Å². The minimum absolute atomic E-state index is 0.633. The molecule has 64 valence electrons. The molecular formula is C10H17Cl. The molecule has 1 unspecified atom stereocenters. The van der Waals surface area contributed by atoms with E-state index in [0.717, 1.165) is 6.42 Å². The fraction of sp³-hybridized carbons (Fsp3) is 0.600. The van der Waals surface area contributed by atoms with E-state index in [0.29, 0.717) is 11.8 Å². The van der Waals surface area contributed by atoms with E-state index < -0.39 is 0 Å². The molecule has 0 bridgehead atoms. The number of allylic oxidation sites excluding steroid dienone is 4. The van der Waals surface area contributed by atoms with Gasteiger partial charge < -0.3 is 0 Å². The van der Waals surface area contributed by atoms with Crippen molar-refractivity contribution >= 4 is 11.6 Å². The largest absolute Gasteiger partial charge is 0.122 e. The predicted molar refractivity (Wildman–Crippen MR) is 53.1 cm³/mol. The summed E-state index contributed by atoms with van der Waals surface area (Å²) in [5.41, 5.74) is 1.38. The van der Waals surface area contributed by atoms with Crippen LogP contribution in [0.15, 0.2) is 23.8 Å². The van der Waals surface area contributed by atoms with Crippen molar-refractivity contribution in [3.63, 3.8) is 0 Å². The molecule has 0 nitrogen and oxygen atoms in total. The monoisotopic (exact) mass is 172 g/mol. The molecule has 0 spiro atoms. The van der Waals surface area contributed by atoms with E-state index in [1.54, 1.807) is 0 Å². The maximum Gasteiger partial charge on any atom is 0.0406 e. The van der Waals surface area contributed by atoms with Crippen LogP contribution in [0.3, 0.4) is 0 Å². The van der Waals surface area contributed by atoms with Gasteiger partial charge in [0, 0.05) is 5.88 Å². The van der Waals surface area contributed by atoms with Crippen molar-refractivity contribution in [3.8, 4) is 0 Å². The minimum Gasteiger partial charge on any atom is -0.122 e. The van der Waals surface area contributed by atoms with Crippen LogP contribution in [0.5, 0.6) is 0 Å². The lowest BCUT2D eigenvalue weighted by atomic mass is 10.0. The average Bonchev–Trinajstić information content (AvgIpc) is 1.87. The Hall–Kier alpha value is -0.230. The van der Waals surface area contributed by atoms with Crippen molar-refractivity contribution in [2.24, 2.45) is 5.92 Å². The summed E-state index contributed by atoms with van der Waals surface area (Å²) in [7, 11) is 0. The molecule has 1 atom stereocenters. The van der Waals surface area contributed by atoms with Gasteiger partial charge in [-0.25, -0.2) is 0 Å². The van der Waals surface area contributed by atoms with Crippen LogP contribution >= 0.6 is 11.6 Å². The summed E-state index contributed by atoms with van der Waals surface area (Å²) in [6.45, 7) is 6.39. The Morgan fingerprint density at radius 3 is 2.64 bits per heavy atom. The SMILES string of the molecule is C/C=C/C(C)C/C(C)=C/CCl. The molecule has 11 heavy (non-hydrogen) atoms. The van der Waals surface area contributed by atoms with Gasteiger partial charge in [-0.1, -0.05) is 30.7 Å². The first-order chi connectivity index (χ1) is 5.20. The van der Waals surface area contributed by atoms with Gasteiger partial charge in [0.15, 0.2) is 0 Å². The highest BCUT2D eigenvalue weighted by Crippen LogP contribution is 2.11. The van der Waals surface area contributed by atoms with Gasteiger partial charge in [0.05, 0.1) is 0 Å². The third-order valence-corrected chi connectivity index (χ3v) is 1.74. The molecule has 0 aromatic carbocycles. The Kier molecular flexibility index (Phi) is 6.34. The van der Waals surface area contributed by atoms with Crippen LogP contribution in [-0.2, 0) is 0 Å². The normalized spacial score (nSPS) is 15.8. The summed E-state index contributed by atoms with van der Waals surface area (Å²) in [6, 6.07) is 0. The molecule has 0 amide bonds. The Bertz CT molecular complexity index is 145. The molecule has 0 aliphatic rings. The molecule has 0 rings (SSSR count). The smallest absolute Gasteiger partial charge is 0.0406 e. The van der Waals surface area contributed by atoms with E-state index in [9.17, 15) is 0 Å². The zero-order valence-corrected chi connectivity index (χ0v) is 8.36. The topological polar surface area (TPSA) is 0 Å². The molecule has 0 heterocycles. The summed E-state index contributed by atoms with van der Waals surface area (Å²) in [4.78, 5) is 0. The summed E-state index contributed by atoms with van der Waals surface area (Å²) >= 11 is 5.56. The van der Waals surface area contributed by atoms with Gasteiger partial charge in [0.2, 0.25) is 0 Å². The molecule has 0 fully saturated rings. The zero-order valence-electron chi connectivity index (χ0n) is 7.60. The summed E-state index contributed by atoms with van der Waals surface area (Å²) < 4.78 is 0. The molecular weight excluding hydrogens is 156 g/mol. The minimum atomic E-state index is 0.633. The molecule has 1 heteroatoms. The lowest BCUT2D eigenvalue weighted by Crippen LogP contribution is -1.90. The van der Waals surface area contributed by atoms with E-state index in [2.05, 4.69) is 39.0 Å². The Labute approximate surface area is 74.9 Å². The lowest BCUT2D eigenvalue weighted by Gasteiger charge is -2.04. The lowest BCUT2D eigenvalue weighted by molar-refractivity contribution is 0.715. The fourth-order valence-corrected chi connectivity index (χ4v) is 1.38. The Balaban J connectivity index is 3.74. The standard InChI is InChI=1S/C10H17Cl/c1-4-5-9(2)8-10(3)6-7-11/h4-6,9H,7-8H2,1-3H3/b5-4+,10-6+. The second-order valence-electron chi connectivity index (χ2n) is 2.91. The first-order valence-electron chi connectivity index (χ1n) is 4.05. The Morgan fingerprint density at radius 2 is 2.18 bits per heavy atom. The molecule has 0 saturated carbocycles. The van der Waals surface area contributed by atoms with Gasteiger partial charge in [-0.3, -0.25) is 0 Å². The number of hydrogen-bond acceptors (Lipinski definition) is 0. The van der Waals surface area contributed by atoms with E-state index in [1.807, 2.05) is 0 Å². The van der Waals surface area contributed by atoms with Crippen molar-refractivity contribution in [1.29, 1.82) is 0 Å². The van der Waals surface area contributed by atoms with Gasteiger partial charge in [-0.05, 0) is 26.2 Å². The van der Waals surface area contributed by atoms with E-state index in [-0.39, 0.29) is 0 Å². The highest BCUT2D eigenvalue weighted by molar-refractivity contribution is 6.18. The van der Waals surface area contributed by atoms with Crippen molar-refractivity contribution in [3.05, 3.63) is 23.8 Å². The number of alkyl halides is 1. The second-order valence-corrected chi connectivity index (χ2v) is 3.22. The van der Waals surface area contributed by atoms with E-state index in [4.69, 9.17) is 11.6 Å². The molecule has 0 saturated heterocycles. The van der Waals surface area contributed by atoms with Gasteiger partial charge >= 0.3 is 0 Å². The van der Waals surface area contributed by atoms with Crippen LogP contribution in [-0.4, -0.2) is 5.88 Å². The molecule has 0 aromatic heterocycles. The summed E-state index contributed by atoms with van der Waals surface area (Å²) in [5, 5.41) is 0. The maximum absolute atomic E-state index is 5.56. The maximum atomic E-state index is 5.56. The third kappa shape index (κ3) is 6.18. The van der Waals surface area contributed by atoms with Gasteiger partial charge in [-0.2, -0.15) is 0 Å². The quantitative estimate of drug-likeness (QED) is 0.447. The van der Waals surface area contributed by atoms with Gasteiger partial charge in [0.1, 0.15) is 0 Å².